The second-order valence-corrected chi connectivity index (χ2v) is 6.68. The molecule has 0 amide bonds. The molecule has 0 fully saturated rings. The number of anilines is 1. The number of nitrogens with zero attached hydrogens (tertiary/aromatic N) is 1. The third-order valence-corrected chi connectivity index (χ3v) is 3.64. The van der Waals surface area contributed by atoms with Crippen LogP contribution in [0.3, 0.4) is 0 Å². The zero-order valence-electron chi connectivity index (χ0n) is 13.4. The number of halogens is 1. The summed E-state index contributed by atoms with van der Waals surface area (Å²) >= 11 is 3.54. The zero-order chi connectivity index (χ0) is 15.9. The number of methoxy groups -OCH3 is 1. The molecule has 2 N–H and O–H groups in total. The maximum atomic E-state index is 10.1. The topological polar surface area (TPSA) is 44.7 Å². The molecular weight excluding hydrogens is 332 g/mol. The Labute approximate surface area is 136 Å². The van der Waals surface area contributed by atoms with Crippen molar-refractivity contribution in [1.29, 1.82) is 0 Å². The second-order valence-electron chi connectivity index (χ2n) is 5.77. The fraction of sp³-hybridized carbons (Fsp3) is 0.625. The van der Waals surface area contributed by atoms with Crippen molar-refractivity contribution in [3.05, 3.63) is 28.2 Å². The highest BCUT2D eigenvalue weighted by Crippen LogP contribution is 2.26. The standard InChI is InChI=1S/C16H27BrN2O2/c1-5-19(12-16(2,3)20)15-10-14(17)7-6-13(15)11-18-8-9-21-4/h6-7,10,18,20H,5,8-9,11-12H2,1-4H3. The van der Waals surface area contributed by atoms with Crippen LogP contribution in [0, 0.1) is 0 Å². The fourth-order valence-corrected chi connectivity index (χ4v) is 2.56. The van der Waals surface area contributed by atoms with E-state index in [9.17, 15) is 5.11 Å². The van der Waals surface area contributed by atoms with E-state index in [1.165, 1.54) is 5.56 Å². The number of likely N-dealkylation sites (N-methyl/N-ethyl adjacent to an activating group) is 1. The lowest BCUT2D eigenvalue weighted by Crippen LogP contribution is -2.39. The number of benzene rings is 1. The zero-order valence-corrected chi connectivity index (χ0v) is 15.0. The normalized spacial score (nSPS) is 11.7. The highest BCUT2D eigenvalue weighted by atomic mass is 79.9. The summed E-state index contributed by atoms with van der Waals surface area (Å²) in [6, 6.07) is 6.28. The molecule has 0 aliphatic heterocycles. The van der Waals surface area contributed by atoms with Crippen molar-refractivity contribution in [1.82, 2.24) is 5.32 Å². The molecule has 0 radical (unpaired) electrons. The molecule has 120 valence electrons. The Morgan fingerprint density at radius 3 is 2.67 bits per heavy atom. The van der Waals surface area contributed by atoms with Gasteiger partial charge in [0, 0.05) is 43.4 Å². The molecule has 0 atom stereocenters. The monoisotopic (exact) mass is 358 g/mol. The van der Waals surface area contributed by atoms with Gasteiger partial charge in [0.1, 0.15) is 0 Å². The van der Waals surface area contributed by atoms with E-state index >= 15 is 0 Å². The van der Waals surface area contributed by atoms with Crippen LogP contribution in [0.2, 0.25) is 0 Å². The van der Waals surface area contributed by atoms with Crippen LogP contribution in [0.4, 0.5) is 5.69 Å². The molecule has 0 aliphatic carbocycles. The first-order valence-corrected chi connectivity index (χ1v) is 8.12. The van der Waals surface area contributed by atoms with Gasteiger partial charge in [0.15, 0.2) is 0 Å². The van der Waals surface area contributed by atoms with Gasteiger partial charge in [0.05, 0.1) is 12.2 Å². The lowest BCUT2D eigenvalue weighted by atomic mass is 10.1. The molecule has 0 heterocycles. The molecule has 21 heavy (non-hydrogen) atoms. The number of nitrogens with one attached hydrogen (secondary N) is 1. The van der Waals surface area contributed by atoms with E-state index in [1.807, 2.05) is 13.8 Å². The van der Waals surface area contributed by atoms with Crippen molar-refractivity contribution in [2.75, 3.05) is 38.3 Å². The Kier molecular flexibility index (Phi) is 7.66. The second kappa shape index (κ2) is 8.73. The first kappa shape index (κ1) is 18.4. The third kappa shape index (κ3) is 6.78. The Balaban J connectivity index is 2.88. The van der Waals surface area contributed by atoms with Crippen LogP contribution < -0.4 is 10.2 Å². The lowest BCUT2D eigenvalue weighted by Gasteiger charge is -2.31. The summed E-state index contributed by atoms with van der Waals surface area (Å²) in [6.45, 7) is 9.55. The van der Waals surface area contributed by atoms with E-state index in [2.05, 4.69) is 51.3 Å². The first-order valence-electron chi connectivity index (χ1n) is 7.32. The van der Waals surface area contributed by atoms with Crippen molar-refractivity contribution in [2.24, 2.45) is 0 Å². The predicted molar refractivity (Wildman–Crippen MR) is 91.9 cm³/mol. The Bertz CT molecular complexity index is 433. The molecule has 0 unspecified atom stereocenters. The van der Waals surface area contributed by atoms with E-state index in [0.717, 1.165) is 29.8 Å². The van der Waals surface area contributed by atoms with Crippen LogP contribution in [0.15, 0.2) is 22.7 Å². The number of aliphatic hydroxyl groups is 1. The Morgan fingerprint density at radius 2 is 2.10 bits per heavy atom. The molecule has 0 saturated heterocycles. The van der Waals surface area contributed by atoms with Crippen LogP contribution in [0.5, 0.6) is 0 Å². The molecular formula is C16H27BrN2O2. The molecule has 1 aromatic rings. The average molecular weight is 359 g/mol. The van der Waals surface area contributed by atoms with Gasteiger partial charge in [-0.15, -0.1) is 0 Å². The number of hydrogen-bond donors (Lipinski definition) is 2. The van der Waals surface area contributed by atoms with E-state index in [4.69, 9.17) is 4.74 Å². The summed E-state index contributed by atoms with van der Waals surface area (Å²) in [4.78, 5) is 2.21. The highest BCUT2D eigenvalue weighted by molar-refractivity contribution is 9.10. The van der Waals surface area contributed by atoms with E-state index < -0.39 is 5.60 Å². The fourth-order valence-electron chi connectivity index (χ4n) is 2.21. The molecule has 0 saturated carbocycles. The number of rotatable bonds is 9. The minimum atomic E-state index is -0.723. The average Bonchev–Trinajstić information content (AvgIpc) is 2.41. The molecule has 0 aromatic heterocycles. The van der Waals surface area contributed by atoms with Crippen LogP contribution in [0.1, 0.15) is 26.3 Å². The van der Waals surface area contributed by atoms with Gasteiger partial charge >= 0.3 is 0 Å². The maximum absolute atomic E-state index is 10.1. The van der Waals surface area contributed by atoms with Gasteiger partial charge in [0.2, 0.25) is 0 Å². The summed E-state index contributed by atoms with van der Waals surface area (Å²) in [7, 11) is 1.70. The summed E-state index contributed by atoms with van der Waals surface area (Å²) in [5, 5.41) is 13.5. The third-order valence-electron chi connectivity index (χ3n) is 3.15. The van der Waals surface area contributed by atoms with Crippen LogP contribution in [-0.4, -0.2) is 44.1 Å². The minimum absolute atomic E-state index is 0.602. The van der Waals surface area contributed by atoms with Crippen LogP contribution in [0.25, 0.3) is 0 Å². The predicted octanol–water partition coefficient (Wildman–Crippen LogP) is 2.78. The highest BCUT2D eigenvalue weighted by Gasteiger charge is 2.19. The molecule has 0 bridgehead atoms. The molecule has 4 nitrogen and oxygen atoms in total. The van der Waals surface area contributed by atoms with Crippen molar-refractivity contribution in [3.63, 3.8) is 0 Å². The van der Waals surface area contributed by atoms with Crippen molar-refractivity contribution >= 4 is 21.6 Å². The summed E-state index contributed by atoms with van der Waals surface area (Å²) in [5.41, 5.74) is 1.65. The SMILES string of the molecule is CCN(CC(C)(C)O)c1cc(Br)ccc1CNCCOC. The van der Waals surface area contributed by atoms with E-state index in [1.54, 1.807) is 7.11 Å². The quantitative estimate of drug-likeness (QED) is 0.666. The summed E-state index contributed by atoms with van der Waals surface area (Å²) in [6.07, 6.45) is 0. The van der Waals surface area contributed by atoms with E-state index in [0.29, 0.717) is 13.2 Å². The smallest absolute Gasteiger partial charge is 0.0765 e. The summed E-state index contributed by atoms with van der Waals surface area (Å²) < 4.78 is 6.10. The first-order chi connectivity index (χ1) is 9.87. The molecule has 0 aliphatic rings. The maximum Gasteiger partial charge on any atom is 0.0765 e. The minimum Gasteiger partial charge on any atom is -0.389 e. The van der Waals surface area contributed by atoms with E-state index in [-0.39, 0.29) is 0 Å². The number of hydrogen-bond acceptors (Lipinski definition) is 4. The molecule has 0 spiro atoms. The molecule has 5 heteroatoms. The Hall–Kier alpha value is -0.620. The van der Waals surface area contributed by atoms with Crippen molar-refractivity contribution in [3.8, 4) is 0 Å². The van der Waals surface area contributed by atoms with Crippen molar-refractivity contribution in [2.45, 2.75) is 32.9 Å². The van der Waals surface area contributed by atoms with Gasteiger partial charge in [-0.3, -0.25) is 0 Å². The number of ether oxygens (including phenoxy) is 1. The largest absolute Gasteiger partial charge is 0.389 e. The van der Waals surface area contributed by atoms with Crippen LogP contribution >= 0.6 is 15.9 Å². The molecule has 1 rings (SSSR count). The van der Waals surface area contributed by atoms with Gasteiger partial charge in [-0.25, -0.2) is 0 Å². The lowest BCUT2D eigenvalue weighted by molar-refractivity contribution is 0.0875. The molecule has 1 aromatic carbocycles. The van der Waals surface area contributed by atoms with Crippen molar-refractivity contribution < 1.29 is 9.84 Å². The van der Waals surface area contributed by atoms with Gasteiger partial charge in [0.25, 0.3) is 0 Å². The van der Waals surface area contributed by atoms with Gasteiger partial charge in [-0.05, 0) is 38.5 Å². The van der Waals surface area contributed by atoms with Gasteiger partial charge in [-0.2, -0.15) is 0 Å². The van der Waals surface area contributed by atoms with Crippen LogP contribution in [-0.2, 0) is 11.3 Å². The van der Waals surface area contributed by atoms with Gasteiger partial charge < -0.3 is 20.1 Å². The summed E-state index contributed by atoms with van der Waals surface area (Å²) in [5.74, 6) is 0. The van der Waals surface area contributed by atoms with Gasteiger partial charge in [-0.1, -0.05) is 22.0 Å². The Morgan fingerprint density at radius 1 is 1.38 bits per heavy atom.